The zero-order chi connectivity index (χ0) is 30.0. The summed E-state index contributed by atoms with van der Waals surface area (Å²) in [5.41, 5.74) is -6.55. The molecule has 0 unspecified atom stereocenters. The van der Waals surface area contributed by atoms with E-state index in [1.165, 1.54) is 43.0 Å². The highest BCUT2D eigenvalue weighted by atomic mass is 35.5. The van der Waals surface area contributed by atoms with Gasteiger partial charge in [-0.2, -0.15) is 18.3 Å². The molecule has 1 amide bonds. The number of fused-ring (bicyclic) bond motifs is 3. The molecule has 12 heteroatoms. The van der Waals surface area contributed by atoms with Gasteiger partial charge < -0.3 is 14.4 Å². The lowest BCUT2D eigenvalue weighted by Gasteiger charge is -2.40. The van der Waals surface area contributed by atoms with Gasteiger partial charge in [-0.25, -0.2) is 4.68 Å². The van der Waals surface area contributed by atoms with Gasteiger partial charge in [-0.05, 0) is 55.8 Å². The molecule has 42 heavy (non-hydrogen) atoms. The van der Waals surface area contributed by atoms with E-state index in [0.29, 0.717) is 5.56 Å². The molecule has 0 bridgehead atoms. The maximum atomic E-state index is 15.9. The number of carbonyl (C=O) groups is 2. The van der Waals surface area contributed by atoms with Crippen molar-refractivity contribution in [3.8, 4) is 11.6 Å². The molecule has 3 aromatic carbocycles. The van der Waals surface area contributed by atoms with E-state index in [1.807, 2.05) is 0 Å². The second kappa shape index (κ2) is 9.78. The minimum atomic E-state index is -5.39. The van der Waals surface area contributed by atoms with E-state index in [2.05, 4.69) is 5.10 Å². The molecule has 0 fully saturated rings. The van der Waals surface area contributed by atoms with Crippen LogP contribution >= 0.6 is 23.2 Å². The first-order chi connectivity index (χ1) is 20.0. The molecule has 0 aliphatic carbocycles. The van der Waals surface area contributed by atoms with Crippen molar-refractivity contribution in [3.05, 3.63) is 105 Å². The van der Waals surface area contributed by atoms with Crippen LogP contribution in [0.15, 0.2) is 72.8 Å². The van der Waals surface area contributed by atoms with Crippen molar-refractivity contribution < 1.29 is 32.2 Å². The van der Waals surface area contributed by atoms with Gasteiger partial charge in [0.15, 0.2) is 0 Å². The second-order valence-electron chi connectivity index (χ2n) is 9.95. The summed E-state index contributed by atoms with van der Waals surface area (Å²) in [4.78, 5) is 29.7. The van der Waals surface area contributed by atoms with Crippen LogP contribution in [0.3, 0.4) is 0 Å². The minimum absolute atomic E-state index is 0.0511. The Morgan fingerprint density at radius 1 is 1.02 bits per heavy atom. The Kier molecular flexibility index (Phi) is 6.54. The average Bonchev–Trinajstić information content (AvgIpc) is 3.52. The molecule has 1 aromatic heterocycles. The van der Waals surface area contributed by atoms with Crippen LogP contribution < -0.4 is 9.64 Å². The summed E-state index contributed by atoms with van der Waals surface area (Å²) in [5, 5.41) is 4.65. The van der Waals surface area contributed by atoms with Gasteiger partial charge in [0.1, 0.15) is 0 Å². The fourth-order valence-electron chi connectivity index (χ4n) is 5.98. The average molecular weight is 616 g/mol. The van der Waals surface area contributed by atoms with Crippen LogP contribution in [0.5, 0.6) is 5.88 Å². The first-order valence-corrected chi connectivity index (χ1v) is 13.7. The zero-order valence-corrected chi connectivity index (χ0v) is 23.7. The zero-order valence-electron chi connectivity index (χ0n) is 22.2. The molecule has 7 nitrogen and oxygen atoms in total. The summed E-state index contributed by atoms with van der Waals surface area (Å²) >= 11 is 12.5. The SMILES string of the molecule is CCOC(=O)[C@@]1(C(F)(F)F)c2c(C)nn(-c3cccc(Cl)c3)c2O[C@@]12C(=O)N(Cc1ccccc1)c1ccc(Cl)cc12. The number of aryl methyl sites for hydroxylation is 1. The van der Waals surface area contributed by atoms with Gasteiger partial charge in [-0.1, -0.05) is 59.6 Å². The summed E-state index contributed by atoms with van der Waals surface area (Å²) in [6.45, 7) is 2.23. The van der Waals surface area contributed by atoms with Gasteiger partial charge >= 0.3 is 12.1 Å². The third-order valence-corrected chi connectivity index (χ3v) is 8.06. The Morgan fingerprint density at radius 3 is 2.40 bits per heavy atom. The Bertz CT molecular complexity index is 1740. The second-order valence-corrected chi connectivity index (χ2v) is 10.8. The summed E-state index contributed by atoms with van der Waals surface area (Å²) in [6.07, 6.45) is -5.39. The molecule has 6 rings (SSSR count). The summed E-state index contributed by atoms with van der Waals surface area (Å²) in [7, 11) is 0. The first-order valence-electron chi connectivity index (χ1n) is 12.9. The van der Waals surface area contributed by atoms with Crippen LogP contribution in [-0.2, 0) is 31.9 Å². The van der Waals surface area contributed by atoms with Gasteiger partial charge in [0.25, 0.3) is 5.91 Å². The lowest BCUT2D eigenvalue weighted by molar-refractivity contribution is -0.237. The molecule has 3 heterocycles. The van der Waals surface area contributed by atoms with E-state index < -0.39 is 40.5 Å². The van der Waals surface area contributed by atoms with Crippen LogP contribution in [-0.4, -0.2) is 34.4 Å². The molecule has 0 saturated heterocycles. The van der Waals surface area contributed by atoms with Crippen LogP contribution in [0.4, 0.5) is 18.9 Å². The summed E-state index contributed by atoms with van der Waals surface area (Å²) in [5.74, 6) is -3.21. The maximum Gasteiger partial charge on any atom is 0.414 e. The number of hydrogen-bond donors (Lipinski definition) is 0. The smallest absolute Gasteiger partial charge is 0.414 e. The summed E-state index contributed by atoms with van der Waals surface area (Å²) in [6, 6.07) is 19.1. The van der Waals surface area contributed by atoms with Crippen LogP contribution in [0.2, 0.25) is 10.0 Å². The highest BCUT2D eigenvalue weighted by Gasteiger charge is 2.85. The number of ether oxygens (including phenoxy) is 2. The molecule has 2 aliphatic rings. The molecule has 2 atom stereocenters. The Hall–Kier alpha value is -4.02. The fourth-order valence-corrected chi connectivity index (χ4v) is 6.34. The van der Waals surface area contributed by atoms with Gasteiger partial charge in [0, 0.05) is 15.6 Å². The lowest BCUT2D eigenvalue weighted by atomic mass is 9.65. The number of esters is 1. The highest BCUT2D eigenvalue weighted by molar-refractivity contribution is 6.31. The van der Waals surface area contributed by atoms with Crippen LogP contribution in [0.25, 0.3) is 5.69 Å². The van der Waals surface area contributed by atoms with Crippen LogP contribution in [0, 0.1) is 6.92 Å². The Labute approximate surface area is 248 Å². The molecular weight excluding hydrogens is 594 g/mol. The van der Waals surface area contributed by atoms with E-state index in [9.17, 15) is 9.59 Å². The monoisotopic (exact) mass is 615 g/mol. The standard InChI is InChI=1S/C30H22Cl2F3N3O4/c1-3-41-27(40)28(30(33,34)35)24-17(2)36-38(21-11-7-10-19(31)14-21)25(24)42-29(28)22-15-20(32)12-13-23(22)37(26(29)39)16-18-8-5-4-6-9-18/h4-15H,3,16H2,1-2H3/t28-,29-/m0/s1. The van der Waals surface area contributed by atoms with Crippen molar-refractivity contribution >= 4 is 40.8 Å². The van der Waals surface area contributed by atoms with Crippen molar-refractivity contribution in [1.29, 1.82) is 0 Å². The van der Waals surface area contributed by atoms with Crippen molar-refractivity contribution in [3.63, 3.8) is 0 Å². The number of benzene rings is 3. The third kappa shape index (κ3) is 3.71. The summed E-state index contributed by atoms with van der Waals surface area (Å²) < 4.78 is 60.2. The van der Waals surface area contributed by atoms with Gasteiger partial charge in [-0.3, -0.25) is 9.59 Å². The maximum absolute atomic E-state index is 15.9. The number of anilines is 1. The number of rotatable bonds is 5. The predicted molar refractivity (Wildman–Crippen MR) is 149 cm³/mol. The van der Waals surface area contributed by atoms with E-state index in [1.54, 1.807) is 48.5 Å². The predicted octanol–water partition coefficient (Wildman–Crippen LogP) is 6.69. The van der Waals surface area contributed by atoms with E-state index >= 15 is 13.2 Å². The Morgan fingerprint density at radius 2 is 1.74 bits per heavy atom. The van der Waals surface area contributed by atoms with E-state index in [0.717, 1.165) is 4.68 Å². The minimum Gasteiger partial charge on any atom is -0.465 e. The molecule has 0 N–H and O–H groups in total. The molecule has 1 spiro atoms. The largest absolute Gasteiger partial charge is 0.465 e. The first kappa shape index (κ1) is 28.1. The van der Waals surface area contributed by atoms with Crippen molar-refractivity contribution in [2.24, 2.45) is 0 Å². The highest BCUT2D eigenvalue weighted by Crippen LogP contribution is 2.67. The van der Waals surface area contributed by atoms with E-state index in [4.69, 9.17) is 32.7 Å². The molecule has 0 saturated carbocycles. The fraction of sp³-hybridized carbons (Fsp3) is 0.233. The quantitative estimate of drug-likeness (QED) is 0.234. The normalized spacial score (nSPS) is 20.9. The lowest BCUT2D eigenvalue weighted by Crippen LogP contribution is -2.66. The molecule has 4 aromatic rings. The third-order valence-electron chi connectivity index (χ3n) is 7.59. The van der Waals surface area contributed by atoms with E-state index in [-0.39, 0.29) is 45.8 Å². The molecule has 2 aliphatic heterocycles. The van der Waals surface area contributed by atoms with Gasteiger partial charge in [0.2, 0.25) is 16.9 Å². The number of aromatic nitrogens is 2. The molecule has 0 radical (unpaired) electrons. The van der Waals surface area contributed by atoms with Gasteiger partial charge in [0.05, 0.1) is 35.8 Å². The number of alkyl halides is 3. The number of hydrogen-bond acceptors (Lipinski definition) is 5. The Balaban J connectivity index is 1.70. The van der Waals surface area contributed by atoms with Crippen molar-refractivity contribution in [1.82, 2.24) is 9.78 Å². The number of carbonyl (C=O) groups excluding carboxylic acids is 2. The van der Waals surface area contributed by atoms with Crippen molar-refractivity contribution in [2.45, 2.75) is 37.6 Å². The van der Waals surface area contributed by atoms with Crippen LogP contribution in [0.1, 0.15) is 29.3 Å². The van der Waals surface area contributed by atoms with Crippen molar-refractivity contribution in [2.75, 3.05) is 11.5 Å². The molecular formula is C30H22Cl2F3N3O4. The number of nitrogens with zero attached hydrogens (tertiary/aromatic N) is 3. The number of halogens is 5. The van der Waals surface area contributed by atoms with Gasteiger partial charge in [-0.15, -0.1) is 0 Å². The topological polar surface area (TPSA) is 73.7 Å². The molecule has 216 valence electrons. The number of amides is 1.